The number of para-hydroxylation sites is 1. The number of anilines is 2. The third kappa shape index (κ3) is 3.95. The summed E-state index contributed by atoms with van der Waals surface area (Å²) < 4.78 is 0. The predicted molar refractivity (Wildman–Crippen MR) is 94.1 cm³/mol. The van der Waals surface area contributed by atoms with Crippen LogP contribution in [0.1, 0.15) is 21.6 Å². The van der Waals surface area contributed by atoms with Crippen LogP contribution < -0.4 is 10.6 Å². The molecule has 2 heterocycles. The standard InChI is InChI=1S/C19H18N4O/c1-14-4-2-3-5-17(14)23-16-6-7-18(21-13-16)19(24)22-12-15-8-10-20-11-9-15/h2-11,13,23H,12H2,1H3,(H,22,24). The lowest BCUT2D eigenvalue weighted by molar-refractivity contribution is 0.0946. The van der Waals surface area contributed by atoms with E-state index in [0.717, 1.165) is 22.5 Å². The first kappa shape index (κ1) is 15.7. The molecule has 120 valence electrons. The topological polar surface area (TPSA) is 66.9 Å². The van der Waals surface area contributed by atoms with Gasteiger partial charge in [0.05, 0.1) is 11.9 Å². The van der Waals surface area contributed by atoms with Gasteiger partial charge in [-0.25, -0.2) is 4.98 Å². The molecule has 0 aliphatic rings. The first-order valence-electron chi connectivity index (χ1n) is 7.68. The van der Waals surface area contributed by atoms with Crippen molar-refractivity contribution in [2.45, 2.75) is 13.5 Å². The zero-order valence-corrected chi connectivity index (χ0v) is 13.4. The lowest BCUT2D eigenvalue weighted by Crippen LogP contribution is -2.23. The quantitative estimate of drug-likeness (QED) is 0.756. The number of rotatable bonds is 5. The molecular weight excluding hydrogens is 300 g/mol. The molecule has 2 aromatic heterocycles. The molecule has 0 spiro atoms. The van der Waals surface area contributed by atoms with Gasteiger partial charge in [-0.3, -0.25) is 9.78 Å². The Morgan fingerprint density at radius 2 is 1.83 bits per heavy atom. The van der Waals surface area contributed by atoms with Crippen LogP contribution in [0.2, 0.25) is 0 Å². The lowest BCUT2D eigenvalue weighted by Gasteiger charge is -2.09. The van der Waals surface area contributed by atoms with Crippen LogP contribution in [0.15, 0.2) is 67.1 Å². The molecule has 3 rings (SSSR count). The minimum absolute atomic E-state index is 0.200. The molecule has 5 heteroatoms. The molecular formula is C19H18N4O. The number of carbonyl (C=O) groups is 1. The van der Waals surface area contributed by atoms with Crippen molar-refractivity contribution in [1.82, 2.24) is 15.3 Å². The van der Waals surface area contributed by atoms with Crippen LogP contribution in [0, 0.1) is 6.92 Å². The maximum Gasteiger partial charge on any atom is 0.270 e. The third-order valence-corrected chi connectivity index (χ3v) is 3.62. The largest absolute Gasteiger partial charge is 0.354 e. The fourth-order valence-corrected chi connectivity index (χ4v) is 2.24. The molecule has 0 aliphatic heterocycles. The van der Waals surface area contributed by atoms with E-state index in [2.05, 4.69) is 20.6 Å². The number of aryl methyl sites for hydroxylation is 1. The zero-order chi connectivity index (χ0) is 16.8. The normalized spacial score (nSPS) is 10.2. The number of nitrogens with zero attached hydrogens (tertiary/aromatic N) is 2. The molecule has 0 fully saturated rings. The van der Waals surface area contributed by atoms with Crippen molar-refractivity contribution in [2.24, 2.45) is 0 Å². The fraction of sp³-hybridized carbons (Fsp3) is 0.105. The highest BCUT2D eigenvalue weighted by molar-refractivity contribution is 5.92. The fourth-order valence-electron chi connectivity index (χ4n) is 2.24. The molecule has 0 saturated heterocycles. The first-order valence-corrected chi connectivity index (χ1v) is 7.68. The maximum absolute atomic E-state index is 12.1. The smallest absolute Gasteiger partial charge is 0.270 e. The van der Waals surface area contributed by atoms with Gasteiger partial charge in [0.15, 0.2) is 0 Å². The highest BCUT2D eigenvalue weighted by atomic mass is 16.1. The van der Waals surface area contributed by atoms with E-state index >= 15 is 0 Å². The van der Waals surface area contributed by atoms with E-state index in [1.54, 1.807) is 24.7 Å². The maximum atomic E-state index is 12.1. The van der Waals surface area contributed by atoms with Crippen molar-refractivity contribution in [3.8, 4) is 0 Å². The Labute approximate surface area is 140 Å². The van der Waals surface area contributed by atoms with Crippen LogP contribution in [0.4, 0.5) is 11.4 Å². The molecule has 3 aromatic rings. The average molecular weight is 318 g/mol. The number of amides is 1. The molecule has 0 saturated carbocycles. The van der Waals surface area contributed by atoms with Crippen molar-refractivity contribution >= 4 is 17.3 Å². The molecule has 1 amide bonds. The number of benzene rings is 1. The Balaban J connectivity index is 1.61. The van der Waals surface area contributed by atoms with E-state index in [9.17, 15) is 4.79 Å². The van der Waals surface area contributed by atoms with Crippen molar-refractivity contribution in [1.29, 1.82) is 0 Å². The number of hydrogen-bond donors (Lipinski definition) is 2. The highest BCUT2D eigenvalue weighted by Crippen LogP contribution is 2.19. The number of aromatic nitrogens is 2. The molecule has 0 atom stereocenters. The summed E-state index contributed by atoms with van der Waals surface area (Å²) in [6.45, 7) is 2.49. The van der Waals surface area contributed by atoms with Gasteiger partial charge in [-0.05, 0) is 48.4 Å². The Kier molecular flexibility index (Phi) is 4.81. The molecule has 24 heavy (non-hydrogen) atoms. The Morgan fingerprint density at radius 1 is 1.04 bits per heavy atom. The van der Waals surface area contributed by atoms with Gasteiger partial charge in [0, 0.05) is 24.6 Å². The van der Waals surface area contributed by atoms with Crippen molar-refractivity contribution in [3.63, 3.8) is 0 Å². The summed E-state index contributed by atoms with van der Waals surface area (Å²) in [5.74, 6) is -0.200. The zero-order valence-electron chi connectivity index (χ0n) is 13.4. The predicted octanol–water partition coefficient (Wildman–Crippen LogP) is 3.46. The van der Waals surface area contributed by atoms with Crippen molar-refractivity contribution < 1.29 is 4.79 Å². The van der Waals surface area contributed by atoms with Gasteiger partial charge >= 0.3 is 0 Å². The van der Waals surface area contributed by atoms with Crippen LogP contribution in [-0.4, -0.2) is 15.9 Å². The van der Waals surface area contributed by atoms with E-state index in [1.165, 1.54) is 0 Å². The minimum atomic E-state index is -0.200. The number of hydrogen-bond acceptors (Lipinski definition) is 4. The van der Waals surface area contributed by atoms with E-state index in [4.69, 9.17) is 0 Å². The SMILES string of the molecule is Cc1ccccc1Nc1ccc(C(=O)NCc2ccncc2)nc1. The van der Waals surface area contributed by atoms with Crippen LogP contribution in [-0.2, 0) is 6.54 Å². The molecule has 2 N–H and O–H groups in total. The van der Waals surface area contributed by atoms with E-state index in [-0.39, 0.29) is 5.91 Å². The summed E-state index contributed by atoms with van der Waals surface area (Å²) >= 11 is 0. The molecule has 0 aliphatic carbocycles. The summed E-state index contributed by atoms with van der Waals surface area (Å²) in [4.78, 5) is 20.3. The second-order valence-electron chi connectivity index (χ2n) is 5.41. The van der Waals surface area contributed by atoms with Gasteiger partial charge in [0.25, 0.3) is 5.91 Å². The van der Waals surface area contributed by atoms with Crippen LogP contribution >= 0.6 is 0 Å². The number of carbonyl (C=O) groups excluding carboxylic acids is 1. The van der Waals surface area contributed by atoms with E-state index < -0.39 is 0 Å². The van der Waals surface area contributed by atoms with Crippen molar-refractivity contribution in [2.75, 3.05) is 5.32 Å². The summed E-state index contributed by atoms with van der Waals surface area (Å²) in [6.07, 6.45) is 5.06. The number of pyridine rings is 2. The molecule has 0 unspecified atom stereocenters. The minimum Gasteiger partial charge on any atom is -0.354 e. The average Bonchev–Trinajstić information content (AvgIpc) is 2.63. The molecule has 0 bridgehead atoms. The van der Waals surface area contributed by atoms with Gasteiger partial charge in [0.1, 0.15) is 5.69 Å². The van der Waals surface area contributed by atoms with Gasteiger partial charge < -0.3 is 10.6 Å². The summed E-state index contributed by atoms with van der Waals surface area (Å²) in [7, 11) is 0. The Morgan fingerprint density at radius 3 is 2.54 bits per heavy atom. The van der Waals surface area contributed by atoms with Gasteiger partial charge in [-0.15, -0.1) is 0 Å². The lowest BCUT2D eigenvalue weighted by atomic mass is 10.2. The van der Waals surface area contributed by atoms with Gasteiger partial charge in [0.2, 0.25) is 0 Å². The van der Waals surface area contributed by atoms with Gasteiger partial charge in [-0.1, -0.05) is 18.2 Å². The van der Waals surface area contributed by atoms with Crippen LogP contribution in [0.3, 0.4) is 0 Å². The van der Waals surface area contributed by atoms with E-state index in [0.29, 0.717) is 12.2 Å². The van der Waals surface area contributed by atoms with E-state index in [1.807, 2.05) is 49.4 Å². The Bertz CT molecular complexity index is 816. The van der Waals surface area contributed by atoms with Gasteiger partial charge in [-0.2, -0.15) is 0 Å². The second kappa shape index (κ2) is 7.37. The summed E-state index contributed by atoms with van der Waals surface area (Å²) in [5, 5.41) is 6.14. The molecule has 1 aromatic carbocycles. The highest BCUT2D eigenvalue weighted by Gasteiger charge is 2.07. The summed E-state index contributed by atoms with van der Waals surface area (Å²) in [6, 6.07) is 15.3. The first-order chi connectivity index (χ1) is 11.7. The second-order valence-corrected chi connectivity index (χ2v) is 5.41. The monoisotopic (exact) mass is 318 g/mol. The third-order valence-electron chi connectivity index (χ3n) is 3.62. The van der Waals surface area contributed by atoms with Crippen LogP contribution in [0.25, 0.3) is 0 Å². The Hall–Kier alpha value is -3.21. The molecule has 0 radical (unpaired) electrons. The molecule has 5 nitrogen and oxygen atoms in total. The number of nitrogens with one attached hydrogen (secondary N) is 2. The van der Waals surface area contributed by atoms with Crippen LogP contribution in [0.5, 0.6) is 0 Å². The van der Waals surface area contributed by atoms with Crippen molar-refractivity contribution in [3.05, 3.63) is 83.9 Å². The summed E-state index contributed by atoms with van der Waals surface area (Å²) in [5.41, 5.74) is 4.40.